The van der Waals surface area contributed by atoms with Crippen molar-refractivity contribution in [1.29, 1.82) is 0 Å². The van der Waals surface area contributed by atoms with Crippen LogP contribution in [0.2, 0.25) is 0 Å². The van der Waals surface area contributed by atoms with Gasteiger partial charge in [0.25, 0.3) is 0 Å². The van der Waals surface area contributed by atoms with E-state index in [0.29, 0.717) is 0 Å². The second-order valence-corrected chi connectivity index (χ2v) is 4.19. The van der Waals surface area contributed by atoms with Crippen molar-refractivity contribution < 1.29 is 23.1 Å². The third-order valence-corrected chi connectivity index (χ3v) is 3.15. The molecular weight excluding hydrogens is 278 g/mol. The number of hydrogen-bond acceptors (Lipinski definition) is 3. The van der Waals surface area contributed by atoms with Crippen LogP contribution >= 0.6 is 0 Å². The van der Waals surface area contributed by atoms with E-state index in [4.69, 9.17) is 0 Å². The van der Waals surface area contributed by atoms with E-state index in [1.54, 1.807) is 0 Å². The predicted molar refractivity (Wildman–Crippen MR) is 69.7 cm³/mol. The van der Waals surface area contributed by atoms with Crippen molar-refractivity contribution in [2.75, 3.05) is 0 Å². The van der Waals surface area contributed by atoms with Crippen molar-refractivity contribution in [3.8, 4) is 24.2 Å². The van der Waals surface area contributed by atoms with Gasteiger partial charge in [0.1, 0.15) is 12.3 Å². The lowest BCUT2D eigenvalue weighted by Gasteiger charge is -2.17. The highest BCUT2D eigenvalue weighted by Gasteiger charge is 2.28. The second-order valence-electron chi connectivity index (χ2n) is 4.19. The maximum atomic E-state index is 12.3. The number of carbonyl (C=O) groups excluding carboxylic acids is 2. The van der Waals surface area contributed by atoms with Crippen LogP contribution in [-0.4, -0.2) is 11.9 Å². The first-order valence-electron chi connectivity index (χ1n) is 5.77. The van der Waals surface area contributed by atoms with Gasteiger partial charge in [0.2, 0.25) is 0 Å². The van der Waals surface area contributed by atoms with Crippen molar-refractivity contribution in [3.05, 3.63) is 46.5 Å². The minimum atomic E-state index is -0.817. The molecule has 0 N–H and O–H groups in total. The fourth-order valence-electron chi connectivity index (χ4n) is 2.34. The zero-order valence-corrected chi connectivity index (χ0v) is 10.3. The van der Waals surface area contributed by atoms with Crippen molar-refractivity contribution >= 4 is 22.7 Å². The molecule has 2 aromatic carbocycles. The van der Waals surface area contributed by atoms with Crippen molar-refractivity contribution in [1.82, 2.24) is 0 Å². The van der Waals surface area contributed by atoms with Gasteiger partial charge in [-0.3, -0.25) is 0 Å². The van der Waals surface area contributed by atoms with Gasteiger partial charge in [0.05, 0.1) is 11.1 Å². The molecule has 0 fully saturated rings. The van der Waals surface area contributed by atoms with Gasteiger partial charge in [-0.1, -0.05) is 0 Å². The first kappa shape index (κ1) is 12.8. The Labute approximate surface area is 117 Å². The SMILES string of the molecule is O=C1OC(=O)c2ccc(C#CF)c3c(C#CF)ccc1c23. The lowest BCUT2D eigenvalue weighted by molar-refractivity contribution is 0.0391. The molecule has 21 heavy (non-hydrogen) atoms. The van der Waals surface area contributed by atoms with Gasteiger partial charge in [0.15, 0.2) is 0 Å². The van der Waals surface area contributed by atoms with Crippen molar-refractivity contribution in [2.45, 2.75) is 0 Å². The van der Waals surface area contributed by atoms with E-state index in [1.807, 2.05) is 0 Å². The summed E-state index contributed by atoms with van der Waals surface area (Å²) in [5.74, 6) is 2.79. The fraction of sp³-hybridized carbons (Fsp3) is 0. The van der Waals surface area contributed by atoms with Gasteiger partial charge in [-0.25, -0.2) is 9.59 Å². The minimum Gasteiger partial charge on any atom is -0.386 e. The van der Waals surface area contributed by atoms with E-state index < -0.39 is 11.9 Å². The number of hydrogen-bond donors (Lipinski definition) is 0. The Balaban J connectivity index is 2.57. The Morgan fingerprint density at radius 1 is 0.762 bits per heavy atom. The molecule has 1 heterocycles. The molecule has 0 aliphatic carbocycles. The van der Waals surface area contributed by atoms with Crippen LogP contribution in [0.25, 0.3) is 10.8 Å². The van der Waals surface area contributed by atoms with E-state index in [2.05, 4.69) is 16.6 Å². The second kappa shape index (κ2) is 4.73. The van der Waals surface area contributed by atoms with Gasteiger partial charge in [-0.05, 0) is 36.1 Å². The maximum Gasteiger partial charge on any atom is 0.346 e. The van der Waals surface area contributed by atoms with Crippen LogP contribution in [0.15, 0.2) is 24.3 Å². The molecule has 0 aromatic heterocycles. The highest BCUT2D eigenvalue weighted by atomic mass is 19.1. The van der Waals surface area contributed by atoms with E-state index in [1.165, 1.54) is 36.6 Å². The molecule has 0 saturated heterocycles. The van der Waals surface area contributed by atoms with E-state index in [-0.39, 0.29) is 33.0 Å². The third kappa shape index (κ3) is 1.84. The summed E-state index contributed by atoms with van der Waals surface area (Å²) in [4.78, 5) is 23.5. The molecule has 2 aromatic rings. The molecule has 0 spiro atoms. The largest absolute Gasteiger partial charge is 0.386 e. The number of ether oxygens (including phenoxy) is 1. The highest BCUT2D eigenvalue weighted by Crippen LogP contribution is 2.33. The van der Waals surface area contributed by atoms with Gasteiger partial charge in [-0.2, -0.15) is 0 Å². The monoisotopic (exact) mass is 282 g/mol. The summed E-state index contributed by atoms with van der Waals surface area (Å²) in [5.41, 5.74) is 0.676. The van der Waals surface area contributed by atoms with E-state index >= 15 is 0 Å². The zero-order chi connectivity index (χ0) is 15.0. The van der Waals surface area contributed by atoms with Crippen LogP contribution in [0.3, 0.4) is 0 Å². The number of halogens is 2. The lowest BCUT2D eigenvalue weighted by atomic mass is 9.91. The zero-order valence-electron chi connectivity index (χ0n) is 10.3. The van der Waals surface area contributed by atoms with Crippen LogP contribution < -0.4 is 0 Å². The molecule has 0 radical (unpaired) electrons. The van der Waals surface area contributed by atoms with Crippen molar-refractivity contribution in [3.63, 3.8) is 0 Å². The normalized spacial score (nSPS) is 12.1. The van der Waals surface area contributed by atoms with Crippen LogP contribution in [0, 0.1) is 24.2 Å². The summed E-state index contributed by atoms with van der Waals surface area (Å²) in [6.45, 7) is 0. The van der Waals surface area contributed by atoms with Crippen LogP contribution in [0.1, 0.15) is 31.8 Å². The quantitative estimate of drug-likeness (QED) is 0.424. The predicted octanol–water partition coefficient (Wildman–Crippen LogP) is 2.71. The van der Waals surface area contributed by atoms with Gasteiger partial charge >= 0.3 is 11.9 Å². The fourth-order valence-corrected chi connectivity index (χ4v) is 2.34. The maximum absolute atomic E-state index is 12.3. The molecule has 1 aliphatic rings. The van der Waals surface area contributed by atoms with Crippen LogP contribution in [-0.2, 0) is 4.74 Å². The molecule has 3 rings (SSSR count). The standard InChI is InChI=1S/C16H4F2O3/c17-7-5-9-1-3-11-14-12(16(20)21-15(11)19)4-2-10(6-8-18)13(9)14/h1-4H. The Morgan fingerprint density at radius 2 is 1.24 bits per heavy atom. The van der Waals surface area contributed by atoms with E-state index in [0.717, 1.165) is 0 Å². The Kier molecular flexibility index (Phi) is 2.89. The van der Waals surface area contributed by atoms with Crippen LogP contribution in [0.5, 0.6) is 0 Å². The molecule has 3 nitrogen and oxygen atoms in total. The van der Waals surface area contributed by atoms with Gasteiger partial charge < -0.3 is 4.74 Å². The number of esters is 2. The molecular formula is C16H4F2O3. The minimum absolute atomic E-state index is 0.131. The smallest absolute Gasteiger partial charge is 0.346 e. The third-order valence-electron chi connectivity index (χ3n) is 3.15. The average Bonchev–Trinajstić information content (AvgIpc) is 2.47. The topological polar surface area (TPSA) is 43.4 Å². The molecule has 0 saturated carbocycles. The Hall–Kier alpha value is -3.18. The molecule has 5 heteroatoms. The molecule has 0 unspecified atom stereocenters. The summed E-state index contributed by atoms with van der Waals surface area (Å²) in [6, 6.07) is 5.56. The van der Waals surface area contributed by atoms with Gasteiger partial charge in [0, 0.05) is 21.9 Å². The first-order valence-corrected chi connectivity index (χ1v) is 5.77. The Morgan fingerprint density at radius 3 is 1.67 bits per heavy atom. The summed E-state index contributed by atoms with van der Waals surface area (Å²) in [5, 5.41) is 0.502. The van der Waals surface area contributed by atoms with Crippen LogP contribution in [0.4, 0.5) is 8.78 Å². The summed E-state index contributed by atoms with van der Waals surface area (Å²) in [6.07, 6.45) is 2.50. The van der Waals surface area contributed by atoms with E-state index in [9.17, 15) is 18.4 Å². The summed E-state index contributed by atoms with van der Waals surface area (Å²) in [7, 11) is 0. The summed E-state index contributed by atoms with van der Waals surface area (Å²) < 4.78 is 29.3. The average molecular weight is 282 g/mol. The van der Waals surface area contributed by atoms with Gasteiger partial charge in [-0.15, -0.1) is 8.78 Å². The molecule has 0 bridgehead atoms. The number of cyclic esters (lactones) is 2. The summed E-state index contributed by atoms with van der Waals surface area (Å²) >= 11 is 0. The number of carbonyl (C=O) groups is 2. The molecule has 0 atom stereocenters. The first-order chi connectivity index (χ1) is 10.2. The molecule has 100 valence electrons. The lowest BCUT2D eigenvalue weighted by Crippen LogP contribution is -2.20. The molecule has 0 amide bonds. The number of rotatable bonds is 0. The number of benzene rings is 2. The van der Waals surface area contributed by atoms with Crippen molar-refractivity contribution in [2.24, 2.45) is 0 Å². The highest BCUT2D eigenvalue weighted by molar-refractivity contribution is 6.22. The molecule has 1 aliphatic heterocycles. The Bertz CT molecular complexity index is 864.